The standard InChI is InChI=1S/C8H14O/c1-7(2)8(3)5-4-6-9/h4-5,7,9H,3,6H2,1-2H3/b5-4+. The summed E-state index contributed by atoms with van der Waals surface area (Å²) in [5.74, 6) is 0.479. The first kappa shape index (κ1) is 8.44. The Balaban J connectivity index is 3.63. The maximum atomic E-state index is 8.37. The molecule has 0 amide bonds. The van der Waals surface area contributed by atoms with Gasteiger partial charge >= 0.3 is 0 Å². The number of hydrogen-bond acceptors (Lipinski definition) is 1. The molecule has 0 rings (SSSR count). The van der Waals surface area contributed by atoms with Gasteiger partial charge in [-0.15, -0.1) is 0 Å². The van der Waals surface area contributed by atoms with Crippen molar-refractivity contribution < 1.29 is 5.11 Å². The zero-order valence-corrected chi connectivity index (χ0v) is 6.09. The van der Waals surface area contributed by atoms with E-state index in [4.69, 9.17) is 5.11 Å². The van der Waals surface area contributed by atoms with Crippen LogP contribution < -0.4 is 0 Å². The van der Waals surface area contributed by atoms with Crippen LogP contribution in [0, 0.1) is 5.92 Å². The molecule has 0 saturated carbocycles. The van der Waals surface area contributed by atoms with Crippen LogP contribution in [0.4, 0.5) is 0 Å². The van der Waals surface area contributed by atoms with Crippen LogP contribution in [0.1, 0.15) is 13.8 Å². The van der Waals surface area contributed by atoms with Crippen molar-refractivity contribution in [1.82, 2.24) is 0 Å². The molecule has 0 unspecified atom stereocenters. The summed E-state index contributed by atoms with van der Waals surface area (Å²) in [4.78, 5) is 0. The third-order valence-corrected chi connectivity index (χ3v) is 1.18. The second kappa shape index (κ2) is 4.33. The highest BCUT2D eigenvalue weighted by atomic mass is 16.2. The fourth-order valence-electron chi connectivity index (χ4n) is 0.397. The summed E-state index contributed by atoms with van der Waals surface area (Å²) >= 11 is 0. The normalized spacial score (nSPS) is 11.1. The Bertz CT molecular complexity index is 112. The van der Waals surface area contributed by atoms with Crippen LogP contribution in [-0.2, 0) is 0 Å². The monoisotopic (exact) mass is 126 g/mol. The van der Waals surface area contributed by atoms with Gasteiger partial charge in [0, 0.05) is 0 Å². The Kier molecular flexibility index (Phi) is 4.06. The van der Waals surface area contributed by atoms with Crippen LogP contribution in [0.25, 0.3) is 0 Å². The molecule has 0 heterocycles. The molecule has 0 aromatic rings. The molecule has 0 aliphatic rings. The first-order valence-corrected chi connectivity index (χ1v) is 3.14. The molecule has 1 heteroatoms. The van der Waals surface area contributed by atoms with E-state index < -0.39 is 0 Å². The highest BCUT2D eigenvalue weighted by Crippen LogP contribution is 2.06. The molecular formula is C8H14O. The summed E-state index contributed by atoms with van der Waals surface area (Å²) in [6, 6.07) is 0. The van der Waals surface area contributed by atoms with Crippen LogP contribution in [0.3, 0.4) is 0 Å². The minimum atomic E-state index is 0.103. The summed E-state index contributed by atoms with van der Waals surface area (Å²) < 4.78 is 0. The zero-order chi connectivity index (χ0) is 7.28. The molecule has 0 aromatic heterocycles. The summed E-state index contributed by atoms with van der Waals surface area (Å²) in [6.45, 7) is 8.04. The van der Waals surface area contributed by atoms with Gasteiger partial charge in [0.2, 0.25) is 0 Å². The Morgan fingerprint density at radius 1 is 1.67 bits per heavy atom. The first-order chi connectivity index (χ1) is 4.18. The van der Waals surface area contributed by atoms with Crippen molar-refractivity contribution in [3.05, 3.63) is 24.3 Å². The van der Waals surface area contributed by atoms with Gasteiger partial charge in [0.1, 0.15) is 0 Å². The van der Waals surface area contributed by atoms with E-state index in [-0.39, 0.29) is 6.61 Å². The maximum Gasteiger partial charge on any atom is 0.0615 e. The average Bonchev–Trinajstić information content (AvgIpc) is 1.82. The molecule has 0 aromatic carbocycles. The Hall–Kier alpha value is -0.560. The zero-order valence-electron chi connectivity index (χ0n) is 6.09. The van der Waals surface area contributed by atoms with E-state index in [9.17, 15) is 0 Å². The Morgan fingerprint density at radius 2 is 2.22 bits per heavy atom. The van der Waals surface area contributed by atoms with E-state index in [0.29, 0.717) is 5.92 Å². The van der Waals surface area contributed by atoms with Gasteiger partial charge in [-0.1, -0.05) is 38.2 Å². The van der Waals surface area contributed by atoms with Crippen LogP contribution in [0.15, 0.2) is 24.3 Å². The molecule has 0 atom stereocenters. The molecule has 0 saturated heterocycles. The first-order valence-electron chi connectivity index (χ1n) is 3.14. The number of aliphatic hydroxyl groups is 1. The highest BCUT2D eigenvalue weighted by molar-refractivity contribution is 5.15. The van der Waals surface area contributed by atoms with Gasteiger partial charge in [-0.25, -0.2) is 0 Å². The van der Waals surface area contributed by atoms with E-state index in [1.807, 2.05) is 6.08 Å². The van der Waals surface area contributed by atoms with Crippen LogP contribution in [-0.4, -0.2) is 11.7 Å². The van der Waals surface area contributed by atoms with Gasteiger partial charge in [0.25, 0.3) is 0 Å². The topological polar surface area (TPSA) is 20.2 Å². The predicted octanol–water partition coefficient (Wildman–Crippen LogP) is 1.75. The van der Waals surface area contributed by atoms with Gasteiger partial charge < -0.3 is 5.11 Å². The van der Waals surface area contributed by atoms with Crippen molar-refractivity contribution in [2.75, 3.05) is 6.61 Å². The number of hydrogen-bond donors (Lipinski definition) is 1. The van der Waals surface area contributed by atoms with Gasteiger partial charge in [-0.2, -0.15) is 0 Å². The van der Waals surface area contributed by atoms with E-state index in [2.05, 4.69) is 20.4 Å². The van der Waals surface area contributed by atoms with Crippen molar-refractivity contribution >= 4 is 0 Å². The van der Waals surface area contributed by atoms with E-state index in [1.54, 1.807) is 6.08 Å². The largest absolute Gasteiger partial charge is 0.392 e. The molecule has 0 aliphatic carbocycles. The lowest BCUT2D eigenvalue weighted by atomic mass is 10.1. The van der Waals surface area contributed by atoms with Crippen molar-refractivity contribution in [3.8, 4) is 0 Å². The lowest BCUT2D eigenvalue weighted by molar-refractivity contribution is 0.342. The fourth-order valence-corrected chi connectivity index (χ4v) is 0.397. The third kappa shape index (κ3) is 3.98. The van der Waals surface area contributed by atoms with E-state index in [1.165, 1.54) is 0 Å². The molecule has 9 heavy (non-hydrogen) atoms. The molecule has 52 valence electrons. The van der Waals surface area contributed by atoms with Gasteiger partial charge in [0.15, 0.2) is 0 Å². The van der Waals surface area contributed by atoms with Crippen LogP contribution in [0.2, 0.25) is 0 Å². The molecular weight excluding hydrogens is 112 g/mol. The van der Waals surface area contributed by atoms with Gasteiger partial charge in [-0.3, -0.25) is 0 Å². The molecule has 1 N–H and O–H groups in total. The van der Waals surface area contributed by atoms with E-state index >= 15 is 0 Å². The minimum Gasteiger partial charge on any atom is -0.392 e. The van der Waals surface area contributed by atoms with Gasteiger partial charge in [0.05, 0.1) is 6.61 Å². The minimum absolute atomic E-state index is 0.103. The molecule has 0 bridgehead atoms. The maximum absolute atomic E-state index is 8.37. The average molecular weight is 126 g/mol. The lowest BCUT2D eigenvalue weighted by Crippen LogP contribution is -1.87. The van der Waals surface area contributed by atoms with Crippen molar-refractivity contribution in [3.63, 3.8) is 0 Å². The van der Waals surface area contributed by atoms with Crippen LogP contribution >= 0.6 is 0 Å². The third-order valence-electron chi connectivity index (χ3n) is 1.18. The second-order valence-corrected chi connectivity index (χ2v) is 2.31. The fraction of sp³-hybridized carbons (Fsp3) is 0.500. The van der Waals surface area contributed by atoms with Crippen molar-refractivity contribution in [2.45, 2.75) is 13.8 Å². The number of aliphatic hydroxyl groups excluding tert-OH is 1. The number of rotatable bonds is 3. The molecule has 0 aliphatic heterocycles. The van der Waals surface area contributed by atoms with E-state index in [0.717, 1.165) is 5.57 Å². The summed E-state index contributed by atoms with van der Waals surface area (Å²) in [5.41, 5.74) is 1.06. The summed E-state index contributed by atoms with van der Waals surface area (Å²) in [7, 11) is 0. The molecule has 0 fully saturated rings. The van der Waals surface area contributed by atoms with Crippen LogP contribution in [0.5, 0.6) is 0 Å². The Labute approximate surface area is 56.7 Å². The molecule has 1 nitrogen and oxygen atoms in total. The lowest BCUT2D eigenvalue weighted by Gasteiger charge is -2.01. The summed E-state index contributed by atoms with van der Waals surface area (Å²) in [6.07, 6.45) is 3.55. The van der Waals surface area contributed by atoms with Gasteiger partial charge in [-0.05, 0) is 5.92 Å². The predicted molar refractivity (Wildman–Crippen MR) is 40.2 cm³/mol. The second-order valence-electron chi connectivity index (χ2n) is 2.31. The molecule has 0 radical (unpaired) electrons. The number of allylic oxidation sites excluding steroid dienone is 2. The quantitative estimate of drug-likeness (QED) is 0.571. The molecule has 0 spiro atoms. The SMILES string of the molecule is C=C(/C=C/CO)C(C)C. The van der Waals surface area contributed by atoms with Crippen molar-refractivity contribution in [1.29, 1.82) is 0 Å². The Morgan fingerprint density at radius 3 is 2.56 bits per heavy atom. The highest BCUT2D eigenvalue weighted by Gasteiger charge is 1.92. The van der Waals surface area contributed by atoms with Crippen molar-refractivity contribution in [2.24, 2.45) is 5.92 Å². The summed E-state index contributed by atoms with van der Waals surface area (Å²) in [5, 5.41) is 8.37. The smallest absolute Gasteiger partial charge is 0.0615 e.